The molecule has 3 heterocycles. The van der Waals surface area contributed by atoms with E-state index in [0.717, 1.165) is 58.2 Å². The Morgan fingerprint density at radius 2 is 1.47 bits per heavy atom. The van der Waals surface area contributed by atoms with Crippen molar-refractivity contribution in [1.29, 1.82) is 0 Å². The Balaban J connectivity index is 1.05. The summed E-state index contributed by atoms with van der Waals surface area (Å²) in [5.41, 5.74) is 6.64. The Morgan fingerprint density at radius 3 is 2.27 bits per heavy atom. The Labute approximate surface area is 318 Å². The van der Waals surface area contributed by atoms with Crippen molar-refractivity contribution in [3.63, 3.8) is 0 Å². The van der Waals surface area contributed by atoms with E-state index in [2.05, 4.69) is 48.8 Å². The molecule has 0 fully saturated rings. The van der Waals surface area contributed by atoms with Gasteiger partial charge in [-0.1, -0.05) is 36.4 Å². The third-order valence-corrected chi connectivity index (χ3v) is 9.43. The van der Waals surface area contributed by atoms with Crippen LogP contribution in [0.5, 0.6) is 17.2 Å². The molecule has 7 rings (SSSR count). The maximum absolute atomic E-state index is 13.8. The summed E-state index contributed by atoms with van der Waals surface area (Å²) in [4.78, 5) is 38.3. The van der Waals surface area contributed by atoms with E-state index in [0.29, 0.717) is 29.3 Å². The Morgan fingerprint density at radius 1 is 0.709 bits per heavy atom. The van der Waals surface area contributed by atoms with Crippen LogP contribution in [0.25, 0.3) is 21.8 Å². The van der Waals surface area contributed by atoms with Gasteiger partial charge in [-0.15, -0.1) is 0 Å². The molecule has 0 atom stereocenters. The molecule has 2 amide bonds. The first-order chi connectivity index (χ1) is 26.8. The second-order valence-electron chi connectivity index (χ2n) is 13.1. The molecule has 3 aromatic heterocycles. The second-order valence-corrected chi connectivity index (χ2v) is 13.1. The lowest BCUT2D eigenvalue weighted by molar-refractivity contribution is 0.102. The first kappa shape index (κ1) is 36.6. The lowest BCUT2D eigenvalue weighted by Crippen LogP contribution is -2.25. The number of aryl methyl sites for hydroxylation is 1. The van der Waals surface area contributed by atoms with E-state index in [1.807, 2.05) is 78.7 Å². The highest BCUT2D eigenvalue weighted by Gasteiger charge is 2.20. The van der Waals surface area contributed by atoms with Crippen LogP contribution in [0.2, 0.25) is 0 Å². The molecule has 0 bridgehead atoms. The average Bonchev–Trinajstić information content (AvgIpc) is 3.59. The number of nitrogens with zero attached hydrogens (tertiary/aromatic N) is 5. The van der Waals surface area contributed by atoms with Crippen LogP contribution in [0, 0.1) is 0 Å². The predicted octanol–water partition coefficient (Wildman–Crippen LogP) is 7.29. The van der Waals surface area contributed by atoms with Gasteiger partial charge < -0.3 is 24.8 Å². The Kier molecular flexibility index (Phi) is 11.0. The van der Waals surface area contributed by atoms with Crippen molar-refractivity contribution in [2.24, 2.45) is 7.05 Å². The number of ether oxygens (including phenoxy) is 3. The van der Waals surface area contributed by atoms with Crippen LogP contribution >= 0.6 is 0 Å². The topological polar surface area (TPSA) is 133 Å². The molecule has 4 aromatic carbocycles. The third-order valence-electron chi connectivity index (χ3n) is 9.43. The summed E-state index contributed by atoms with van der Waals surface area (Å²) in [6.45, 7) is 2.19. The number of aromatic nitrogens is 4. The molecular weight excluding hydrogens is 695 g/mol. The fraction of sp³-hybridized carbons (Fsp3) is 0.186. The van der Waals surface area contributed by atoms with E-state index in [1.165, 1.54) is 26.0 Å². The second kappa shape index (κ2) is 16.5. The van der Waals surface area contributed by atoms with Gasteiger partial charge in [-0.3, -0.25) is 29.1 Å². The number of hydrogen-bond acceptors (Lipinski definition) is 9. The SMILES string of the molecule is COc1cncc(CN(CCc2ccc(NC(=O)c3cc(OC)c(OC)cc3NC(=O)c3cnc4ccccc4c3)cc2)Cc2ccc3c(cnn3C)c2)c1. The smallest absolute Gasteiger partial charge is 0.257 e. The lowest BCUT2D eigenvalue weighted by Gasteiger charge is -2.23. The standard InChI is InChI=1S/C43H41N7O5/c1-49-39-14-11-29(17-32(39)24-46-49)26-50(27-30-18-35(53-2)25-44-22-30)16-15-28-9-12-34(13-10-28)47-43(52)36-20-40(54-3)41(55-4)21-38(36)48-42(51)33-19-31-7-5-6-8-37(31)45-23-33/h5-14,17-25H,15-16,26-27H2,1-4H3,(H,47,52)(H,48,51). The van der Waals surface area contributed by atoms with Crippen LogP contribution in [0.15, 0.2) is 116 Å². The quantitative estimate of drug-likeness (QED) is 0.118. The number of benzene rings is 4. The molecule has 0 saturated carbocycles. The van der Waals surface area contributed by atoms with Crippen LogP contribution < -0.4 is 24.8 Å². The van der Waals surface area contributed by atoms with Crippen LogP contribution in [0.3, 0.4) is 0 Å². The minimum atomic E-state index is -0.427. The number of anilines is 2. The fourth-order valence-corrected chi connectivity index (χ4v) is 6.50. The maximum atomic E-state index is 13.8. The normalized spacial score (nSPS) is 11.1. The van der Waals surface area contributed by atoms with Crippen molar-refractivity contribution in [3.05, 3.63) is 144 Å². The molecule has 0 saturated heterocycles. The molecule has 0 aliphatic carbocycles. The van der Waals surface area contributed by atoms with Gasteiger partial charge >= 0.3 is 0 Å². The number of fused-ring (bicyclic) bond motifs is 2. The van der Waals surface area contributed by atoms with Crippen LogP contribution in [-0.4, -0.2) is 64.3 Å². The number of carbonyl (C=O) groups excluding carboxylic acids is 2. The van der Waals surface area contributed by atoms with Crippen molar-refractivity contribution < 1.29 is 23.8 Å². The monoisotopic (exact) mass is 735 g/mol. The summed E-state index contributed by atoms with van der Waals surface area (Å²) in [6, 6.07) is 28.6. The van der Waals surface area contributed by atoms with Gasteiger partial charge in [-0.2, -0.15) is 5.10 Å². The van der Waals surface area contributed by atoms with Crippen LogP contribution in [0.4, 0.5) is 11.4 Å². The number of hydrogen-bond donors (Lipinski definition) is 2. The number of methoxy groups -OCH3 is 3. The molecule has 0 unspecified atom stereocenters. The lowest BCUT2D eigenvalue weighted by atomic mass is 10.1. The van der Waals surface area contributed by atoms with Crippen molar-refractivity contribution >= 4 is 45.0 Å². The number of amides is 2. The van der Waals surface area contributed by atoms with E-state index in [1.54, 1.807) is 31.5 Å². The highest BCUT2D eigenvalue weighted by Crippen LogP contribution is 2.34. The van der Waals surface area contributed by atoms with E-state index in [-0.39, 0.29) is 11.3 Å². The van der Waals surface area contributed by atoms with Crippen molar-refractivity contribution in [2.45, 2.75) is 19.5 Å². The molecule has 12 nitrogen and oxygen atoms in total. The van der Waals surface area contributed by atoms with Gasteiger partial charge in [0.15, 0.2) is 11.5 Å². The molecule has 0 aliphatic rings. The van der Waals surface area contributed by atoms with Gasteiger partial charge in [0.05, 0.1) is 61.6 Å². The van der Waals surface area contributed by atoms with E-state index in [4.69, 9.17) is 14.2 Å². The summed E-state index contributed by atoms with van der Waals surface area (Å²) >= 11 is 0. The van der Waals surface area contributed by atoms with Crippen molar-refractivity contribution in [1.82, 2.24) is 24.6 Å². The largest absolute Gasteiger partial charge is 0.495 e. The molecule has 0 aliphatic heterocycles. The first-order valence-corrected chi connectivity index (χ1v) is 17.7. The van der Waals surface area contributed by atoms with Gasteiger partial charge in [-0.25, -0.2) is 0 Å². The number of pyridine rings is 2. The molecule has 7 aromatic rings. The van der Waals surface area contributed by atoms with Gasteiger partial charge in [0.25, 0.3) is 11.8 Å². The predicted molar refractivity (Wildman–Crippen MR) is 213 cm³/mol. The number of carbonyl (C=O) groups is 2. The fourth-order valence-electron chi connectivity index (χ4n) is 6.50. The molecule has 0 radical (unpaired) electrons. The van der Waals surface area contributed by atoms with Gasteiger partial charge in [0.1, 0.15) is 5.75 Å². The van der Waals surface area contributed by atoms with E-state index in [9.17, 15) is 9.59 Å². The first-order valence-electron chi connectivity index (χ1n) is 17.7. The van der Waals surface area contributed by atoms with Crippen LogP contribution in [0.1, 0.15) is 37.4 Å². The third kappa shape index (κ3) is 8.55. The molecule has 2 N–H and O–H groups in total. The zero-order chi connectivity index (χ0) is 38.3. The summed E-state index contributed by atoms with van der Waals surface area (Å²) in [5.74, 6) is 0.590. The Bertz CT molecular complexity index is 2480. The molecule has 55 heavy (non-hydrogen) atoms. The molecule has 0 spiro atoms. The summed E-state index contributed by atoms with van der Waals surface area (Å²) in [7, 11) is 6.57. The van der Waals surface area contributed by atoms with Gasteiger partial charge in [0.2, 0.25) is 0 Å². The van der Waals surface area contributed by atoms with Crippen LogP contribution in [-0.2, 0) is 26.6 Å². The minimum Gasteiger partial charge on any atom is -0.495 e. The Hall–Kier alpha value is -6.79. The molecular formula is C43H41N7O5. The molecule has 278 valence electrons. The molecule has 12 heteroatoms. The number of rotatable bonds is 14. The highest BCUT2D eigenvalue weighted by atomic mass is 16.5. The number of para-hydroxylation sites is 1. The van der Waals surface area contributed by atoms with E-state index >= 15 is 0 Å². The van der Waals surface area contributed by atoms with Gasteiger partial charge in [-0.05, 0) is 71.6 Å². The zero-order valence-electron chi connectivity index (χ0n) is 31.1. The summed E-state index contributed by atoms with van der Waals surface area (Å²) in [6.07, 6.45) is 7.75. The average molecular weight is 736 g/mol. The zero-order valence-corrected chi connectivity index (χ0v) is 31.1. The van der Waals surface area contributed by atoms with Gasteiger partial charge in [0, 0.05) is 61.6 Å². The highest BCUT2D eigenvalue weighted by molar-refractivity contribution is 6.13. The van der Waals surface area contributed by atoms with E-state index < -0.39 is 11.8 Å². The summed E-state index contributed by atoms with van der Waals surface area (Å²) < 4.78 is 18.3. The minimum absolute atomic E-state index is 0.205. The number of nitrogens with one attached hydrogen (secondary N) is 2. The van der Waals surface area contributed by atoms with Crippen molar-refractivity contribution in [3.8, 4) is 17.2 Å². The van der Waals surface area contributed by atoms with Crippen molar-refractivity contribution in [2.75, 3.05) is 38.5 Å². The summed E-state index contributed by atoms with van der Waals surface area (Å²) in [5, 5.41) is 12.2. The maximum Gasteiger partial charge on any atom is 0.257 e.